The molecule has 0 bridgehead atoms. The lowest BCUT2D eigenvalue weighted by atomic mass is 9.89. The van der Waals surface area contributed by atoms with Crippen LogP contribution < -0.4 is 4.74 Å². The first-order valence-corrected chi connectivity index (χ1v) is 19.4. The molecule has 0 amide bonds. The van der Waals surface area contributed by atoms with E-state index >= 15 is 0 Å². The smallest absolute Gasteiger partial charge is 0.308 e. The minimum Gasteiger partial charge on any atom is -0.497 e. The van der Waals surface area contributed by atoms with E-state index in [1.54, 1.807) is 7.11 Å². The number of benzene rings is 2. The van der Waals surface area contributed by atoms with Crippen LogP contribution in [-0.4, -0.2) is 51.9 Å². The van der Waals surface area contributed by atoms with Gasteiger partial charge in [-0.1, -0.05) is 88.4 Å². The van der Waals surface area contributed by atoms with E-state index in [0.29, 0.717) is 26.1 Å². The van der Waals surface area contributed by atoms with Gasteiger partial charge in [-0.3, -0.25) is 4.79 Å². The molecule has 2 aromatic rings. The third kappa shape index (κ3) is 9.41. The average molecular weight is 651 g/mol. The van der Waals surface area contributed by atoms with E-state index in [2.05, 4.69) is 59.9 Å². The molecule has 252 valence electrons. The maximum atomic E-state index is 13.6. The van der Waals surface area contributed by atoms with E-state index in [-0.39, 0.29) is 35.6 Å². The highest BCUT2D eigenvalue weighted by Crippen LogP contribution is 2.44. The molecule has 0 N–H and O–H groups in total. The van der Waals surface area contributed by atoms with Crippen LogP contribution in [0.5, 0.6) is 5.75 Å². The number of fused-ring (bicyclic) bond motifs is 1. The summed E-state index contributed by atoms with van der Waals surface area (Å²) in [6.07, 6.45) is 6.21. The Morgan fingerprint density at radius 2 is 1.76 bits per heavy atom. The molecule has 1 saturated heterocycles. The molecule has 1 fully saturated rings. The van der Waals surface area contributed by atoms with Crippen molar-refractivity contribution in [2.75, 3.05) is 13.7 Å². The lowest BCUT2D eigenvalue weighted by molar-refractivity contribution is -0.151. The lowest BCUT2D eigenvalue weighted by Gasteiger charge is -2.40. The summed E-state index contributed by atoms with van der Waals surface area (Å²) < 4.78 is 37.5. The van der Waals surface area contributed by atoms with Crippen molar-refractivity contribution in [1.82, 2.24) is 0 Å². The van der Waals surface area contributed by atoms with Crippen molar-refractivity contribution in [1.29, 1.82) is 0 Å². The number of hydrogen-bond donors (Lipinski definition) is 0. The Balaban J connectivity index is 1.56. The molecule has 0 aromatic heterocycles. The highest BCUT2D eigenvalue weighted by Gasteiger charge is 2.47. The molecule has 2 aromatic carbocycles. The Bertz CT molecular complexity index is 1330. The summed E-state index contributed by atoms with van der Waals surface area (Å²) in [5.74, 6) is 0.451. The maximum absolute atomic E-state index is 13.6. The topological polar surface area (TPSA) is 72.5 Å². The molecule has 2 heterocycles. The molecular formula is C38H54O7Si. The third-order valence-corrected chi connectivity index (χ3v) is 14.2. The predicted molar refractivity (Wildman–Crippen MR) is 184 cm³/mol. The molecule has 46 heavy (non-hydrogen) atoms. The fraction of sp³-hybridized carbons (Fsp3) is 0.553. The van der Waals surface area contributed by atoms with Gasteiger partial charge in [-0.15, -0.1) is 0 Å². The molecule has 0 aliphatic carbocycles. The minimum atomic E-state index is -2.17. The molecule has 0 spiro atoms. The SMILES string of the molecule is COc1ccc(COC/C=C(\C)[C@H]2OC(=O)C[C@H](O[Si](C)(C)C(C)(C)C)CC[C@@]3(C)O[C@@H](c4ccccc4)O[C@H]3/C=C/[C@@H]2C)cc1. The van der Waals surface area contributed by atoms with Gasteiger partial charge < -0.3 is 28.1 Å². The quantitative estimate of drug-likeness (QED) is 0.116. The average Bonchev–Trinajstić information content (AvgIpc) is 3.35. The van der Waals surface area contributed by atoms with Gasteiger partial charge in [0.05, 0.1) is 38.4 Å². The molecular weight excluding hydrogens is 596 g/mol. The van der Waals surface area contributed by atoms with E-state index in [0.717, 1.165) is 22.4 Å². The zero-order chi connectivity index (χ0) is 33.5. The first-order valence-electron chi connectivity index (χ1n) is 16.5. The van der Waals surface area contributed by atoms with Gasteiger partial charge in [0.2, 0.25) is 0 Å². The van der Waals surface area contributed by atoms with Crippen molar-refractivity contribution in [3.63, 3.8) is 0 Å². The Hall–Kier alpha value is -2.75. The van der Waals surface area contributed by atoms with Crippen LogP contribution in [0.2, 0.25) is 18.1 Å². The highest BCUT2D eigenvalue weighted by molar-refractivity contribution is 6.74. The number of cyclic esters (lactones) is 1. The summed E-state index contributed by atoms with van der Waals surface area (Å²) in [5.41, 5.74) is 2.39. The molecule has 0 radical (unpaired) electrons. The van der Waals surface area contributed by atoms with Crippen molar-refractivity contribution >= 4 is 14.3 Å². The molecule has 2 aliphatic heterocycles. The summed E-state index contributed by atoms with van der Waals surface area (Å²) in [6, 6.07) is 17.9. The molecule has 8 heteroatoms. The van der Waals surface area contributed by atoms with E-state index < -0.39 is 26.3 Å². The van der Waals surface area contributed by atoms with Crippen LogP contribution in [0.3, 0.4) is 0 Å². The lowest BCUT2D eigenvalue weighted by Crippen LogP contribution is -2.45. The molecule has 0 unspecified atom stereocenters. The molecule has 2 aliphatic rings. The van der Waals surface area contributed by atoms with Gasteiger partial charge in [0, 0.05) is 11.5 Å². The first-order chi connectivity index (χ1) is 21.7. The highest BCUT2D eigenvalue weighted by atomic mass is 28.4. The van der Waals surface area contributed by atoms with Crippen LogP contribution in [0.15, 0.2) is 78.4 Å². The number of esters is 1. The van der Waals surface area contributed by atoms with Gasteiger partial charge in [0.25, 0.3) is 0 Å². The van der Waals surface area contributed by atoms with Gasteiger partial charge in [-0.2, -0.15) is 0 Å². The summed E-state index contributed by atoms with van der Waals surface area (Å²) >= 11 is 0. The summed E-state index contributed by atoms with van der Waals surface area (Å²) in [4.78, 5) is 13.6. The van der Waals surface area contributed by atoms with E-state index in [1.807, 2.05) is 67.6 Å². The number of carbonyl (C=O) groups is 1. The number of carbonyl (C=O) groups excluding carboxylic acids is 1. The van der Waals surface area contributed by atoms with Gasteiger partial charge in [-0.05, 0) is 68.1 Å². The van der Waals surface area contributed by atoms with Crippen molar-refractivity contribution in [3.05, 3.63) is 89.5 Å². The number of methoxy groups -OCH3 is 1. The minimum absolute atomic E-state index is 0.00331. The Morgan fingerprint density at radius 3 is 2.41 bits per heavy atom. The first kappa shape index (κ1) is 36.1. The predicted octanol–water partition coefficient (Wildman–Crippen LogP) is 8.71. The Morgan fingerprint density at radius 1 is 1.07 bits per heavy atom. The largest absolute Gasteiger partial charge is 0.497 e. The molecule has 4 rings (SSSR count). The molecule has 0 saturated carbocycles. The van der Waals surface area contributed by atoms with Crippen molar-refractivity contribution in [2.24, 2.45) is 5.92 Å². The van der Waals surface area contributed by atoms with Gasteiger partial charge in [0.1, 0.15) is 18.0 Å². The summed E-state index contributed by atoms with van der Waals surface area (Å²) in [5, 5.41) is 0.00331. The fourth-order valence-electron chi connectivity index (χ4n) is 5.64. The van der Waals surface area contributed by atoms with Crippen LogP contribution in [0.25, 0.3) is 0 Å². The number of hydrogen-bond acceptors (Lipinski definition) is 7. The second-order valence-electron chi connectivity index (χ2n) is 14.4. The van der Waals surface area contributed by atoms with E-state index in [9.17, 15) is 4.79 Å². The summed E-state index contributed by atoms with van der Waals surface area (Å²) in [6.45, 7) is 18.2. The van der Waals surface area contributed by atoms with E-state index in [4.69, 9.17) is 28.1 Å². The van der Waals surface area contributed by atoms with Crippen LogP contribution in [0, 0.1) is 5.92 Å². The van der Waals surface area contributed by atoms with Crippen molar-refractivity contribution in [2.45, 2.75) is 116 Å². The number of rotatable bonds is 9. The van der Waals surface area contributed by atoms with Gasteiger partial charge in [0.15, 0.2) is 14.6 Å². The van der Waals surface area contributed by atoms with Crippen LogP contribution in [-0.2, 0) is 34.8 Å². The standard InChI is InChI=1S/C38H54O7Si/c1-27-15-20-33-38(6,44-36(42-33)30-13-11-10-12-14-30)23-21-32(45-46(8,9)37(3,4)5)25-34(39)43-35(27)28(2)22-24-41-26-29-16-18-31(40-7)19-17-29/h10-20,22,27,32-33,35-36H,21,23-26H2,1-9H3/b20-15+,28-22+/t27-,32+,33-,35-,36-,38+/m0/s1. The summed E-state index contributed by atoms with van der Waals surface area (Å²) in [7, 11) is -0.519. The van der Waals surface area contributed by atoms with Gasteiger partial charge in [-0.25, -0.2) is 0 Å². The molecule has 6 atom stereocenters. The second kappa shape index (κ2) is 15.4. The van der Waals surface area contributed by atoms with Crippen molar-refractivity contribution < 1.29 is 32.9 Å². The Kier molecular flexibility index (Phi) is 12.1. The van der Waals surface area contributed by atoms with Gasteiger partial charge >= 0.3 is 5.97 Å². The monoisotopic (exact) mass is 650 g/mol. The molecule has 7 nitrogen and oxygen atoms in total. The van der Waals surface area contributed by atoms with Crippen molar-refractivity contribution in [3.8, 4) is 5.75 Å². The fourth-order valence-corrected chi connectivity index (χ4v) is 7.03. The Labute approximate surface area is 277 Å². The normalized spacial score (nSPS) is 28.8. The zero-order valence-electron chi connectivity index (χ0n) is 29.2. The maximum Gasteiger partial charge on any atom is 0.308 e. The zero-order valence-corrected chi connectivity index (χ0v) is 30.2. The van der Waals surface area contributed by atoms with Crippen LogP contribution in [0.1, 0.15) is 78.2 Å². The van der Waals surface area contributed by atoms with E-state index in [1.165, 1.54) is 0 Å². The van der Waals surface area contributed by atoms with Crippen LogP contribution in [0.4, 0.5) is 0 Å². The van der Waals surface area contributed by atoms with Crippen LogP contribution >= 0.6 is 0 Å². The third-order valence-electron chi connectivity index (χ3n) is 9.67. The number of ether oxygens (including phenoxy) is 5. The second-order valence-corrected chi connectivity index (χ2v) is 19.2.